The number of rotatable bonds is 3. The number of carbonyl (C=O) groups excluding carboxylic acids is 1. The van der Waals surface area contributed by atoms with Gasteiger partial charge in [-0.05, 0) is 43.7 Å². The molecule has 1 heterocycles. The summed E-state index contributed by atoms with van der Waals surface area (Å²) in [4.78, 5) is 10.5. The molecule has 2 rings (SSSR count). The van der Waals surface area contributed by atoms with Gasteiger partial charge in [-0.2, -0.15) is 5.10 Å². The quantitative estimate of drug-likeness (QED) is 0.640. The van der Waals surface area contributed by atoms with Gasteiger partial charge in [-0.25, -0.2) is 10.2 Å². The minimum absolute atomic E-state index is 0.675. The number of carbonyl (C=O) groups is 1. The normalized spacial score (nSPS) is 10.8. The molecule has 0 aliphatic heterocycles. The molecule has 19 heavy (non-hydrogen) atoms. The first-order chi connectivity index (χ1) is 9.08. The number of primary amides is 1. The van der Waals surface area contributed by atoms with Crippen molar-refractivity contribution in [3.63, 3.8) is 0 Å². The Morgan fingerprint density at radius 1 is 1.16 bits per heavy atom. The maximum Gasteiger partial charge on any atom is 0.332 e. The molecular formula is C14H16N4O. The van der Waals surface area contributed by atoms with Crippen LogP contribution in [0.4, 0.5) is 4.79 Å². The standard InChI is InChI=1S/C14H16N4O/c1-10-3-4-11(2)18(10)13-7-5-12(6-8-13)9-16-17-14(15)19/h3-9H,1-2H3,(H3,15,17,19). The molecule has 0 aliphatic carbocycles. The maximum absolute atomic E-state index is 10.5. The molecular weight excluding hydrogens is 240 g/mol. The third-order valence-corrected chi connectivity index (χ3v) is 2.81. The molecule has 3 N–H and O–H groups in total. The fourth-order valence-electron chi connectivity index (χ4n) is 1.96. The molecule has 98 valence electrons. The zero-order valence-electron chi connectivity index (χ0n) is 10.9. The van der Waals surface area contributed by atoms with Crippen molar-refractivity contribution in [3.05, 3.63) is 53.3 Å². The van der Waals surface area contributed by atoms with Gasteiger partial charge in [0.05, 0.1) is 6.21 Å². The highest BCUT2D eigenvalue weighted by molar-refractivity contribution is 5.81. The van der Waals surface area contributed by atoms with Crippen molar-refractivity contribution in [3.8, 4) is 5.69 Å². The molecule has 0 bridgehead atoms. The van der Waals surface area contributed by atoms with Gasteiger partial charge in [0.25, 0.3) is 0 Å². The summed E-state index contributed by atoms with van der Waals surface area (Å²) < 4.78 is 2.17. The number of aryl methyl sites for hydroxylation is 2. The topological polar surface area (TPSA) is 72.4 Å². The Labute approximate surface area is 111 Å². The molecule has 1 aromatic carbocycles. The van der Waals surface area contributed by atoms with Crippen molar-refractivity contribution >= 4 is 12.2 Å². The molecule has 5 heteroatoms. The molecule has 2 aromatic rings. The molecule has 0 atom stereocenters. The van der Waals surface area contributed by atoms with Crippen molar-refractivity contribution in [2.24, 2.45) is 10.8 Å². The van der Waals surface area contributed by atoms with Crippen LogP contribution in [0.15, 0.2) is 41.5 Å². The predicted molar refractivity (Wildman–Crippen MR) is 75.6 cm³/mol. The van der Waals surface area contributed by atoms with Crippen molar-refractivity contribution in [2.75, 3.05) is 0 Å². The van der Waals surface area contributed by atoms with Gasteiger partial charge in [0.2, 0.25) is 0 Å². The van der Waals surface area contributed by atoms with E-state index in [1.807, 2.05) is 24.3 Å². The molecule has 0 radical (unpaired) electrons. The molecule has 0 saturated heterocycles. The number of aromatic nitrogens is 1. The molecule has 1 aromatic heterocycles. The number of urea groups is 1. The zero-order valence-corrected chi connectivity index (χ0v) is 10.9. The van der Waals surface area contributed by atoms with Crippen LogP contribution in [0.25, 0.3) is 5.69 Å². The Morgan fingerprint density at radius 3 is 2.26 bits per heavy atom. The van der Waals surface area contributed by atoms with Gasteiger partial charge in [0, 0.05) is 17.1 Å². The molecule has 5 nitrogen and oxygen atoms in total. The van der Waals surface area contributed by atoms with Gasteiger partial charge in [-0.15, -0.1) is 0 Å². The number of hydrogen-bond donors (Lipinski definition) is 2. The Kier molecular flexibility index (Phi) is 3.66. The van der Waals surface area contributed by atoms with Crippen LogP contribution in [0.5, 0.6) is 0 Å². The number of nitrogens with zero attached hydrogens (tertiary/aromatic N) is 2. The summed E-state index contributed by atoms with van der Waals surface area (Å²) in [6.45, 7) is 4.14. The summed E-state index contributed by atoms with van der Waals surface area (Å²) in [6, 6.07) is 11.4. The van der Waals surface area contributed by atoms with Gasteiger partial charge in [-0.3, -0.25) is 0 Å². The van der Waals surface area contributed by atoms with Gasteiger partial charge in [-0.1, -0.05) is 12.1 Å². The lowest BCUT2D eigenvalue weighted by Gasteiger charge is -2.09. The summed E-state index contributed by atoms with van der Waals surface area (Å²) in [7, 11) is 0. The summed E-state index contributed by atoms with van der Waals surface area (Å²) in [5.74, 6) is 0. The Balaban J connectivity index is 2.19. The van der Waals surface area contributed by atoms with E-state index in [0.29, 0.717) is 0 Å². The third kappa shape index (κ3) is 3.01. The van der Waals surface area contributed by atoms with Crippen LogP contribution >= 0.6 is 0 Å². The summed E-state index contributed by atoms with van der Waals surface area (Å²) >= 11 is 0. The lowest BCUT2D eigenvalue weighted by atomic mass is 10.2. The smallest absolute Gasteiger partial charge is 0.332 e. The molecule has 0 aliphatic rings. The average molecular weight is 256 g/mol. The van der Waals surface area contributed by atoms with E-state index in [0.717, 1.165) is 11.3 Å². The van der Waals surface area contributed by atoms with E-state index in [-0.39, 0.29) is 0 Å². The van der Waals surface area contributed by atoms with E-state index < -0.39 is 6.03 Å². The molecule has 0 fully saturated rings. The van der Waals surface area contributed by atoms with E-state index in [1.54, 1.807) is 6.21 Å². The van der Waals surface area contributed by atoms with E-state index in [1.165, 1.54) is 11.4 Å². The number of nitrogens with two attached hydrogens (primary N) is 1. The number of amides is 2. The second-order valence-electron chi connectivity index (χ2n) is 4.28. The molecule has 0 saturated carbocycles. The summed E-state index contributed by atoms with van der Waals surface area (Å²) in [5, 5.41) is 3.71. The van der Waals surface area contributed by atoms with Crippen LogP contribution in [0.2, 0.25) is 0 Å². The van der Waals surface area contributed by atoms with Crippen LogP contribution in [-0.4, -0.2) is 16.8 Å². The largest absolute Gasteiger partial charge is 0.350 e. The molecule has 0 unspecified atom stereocenters. The first-order valence-electron chi connectivity index (χ1n) is 5.92. The highest BCUT2D eigenvalue weighted by Crippen LogP contribution is 2.16. The average Bonchev–Trinajstić information content (AvgIpc) is 2.70. The van der Waals surface area contributed by atoms with Gasteiger partial charge >= 0.3 is 6.03 Å². The summed E-state index contributed by atoms with van der Waals surface area (Å²) in [5.41, 5.74) is 11.4. The van der Waals surface area contributed by atoms with Crippen LogP contribution in [0, 0.1) is 13.8 Å². The highest BCUT2D eigenvalue weighted by atomic mass is 16.2. The Hall–Kier alpha value is -2.56. The highest BCUT2D eigenvalue weighted by Gasteiger charge is 2.02. The van der Waals surface area contributed by atoms with Crippen molar-refractivity contribution in [1.82, 2.24) is 9.99 Å². The van der Waals surface area contributed by atoms with Crippen LogP contribution < -0.4 is 11.2 Å². The monoisotopic (exact) mass is 256 g/mol. The zero-order chi connectivity index (χ0) is 13.8. The predicted octanol–water partition coefficient (Wildman–Crippen LogP) is 2.10. The molecule has 2 amide bonds. The fraction of sp³-hybridized carbons (Fsp3) is 0.143. The first-order valence-corrected chi connectivity index (χ1v) is 5.92. The number of nitrogens with one attached hydrogen (secondary N) is 1. The van der Waals surface area contributed by atoms with Crippen LogP contribution in [0.3, 0.4) is 0 Å². The van der Waals surface area contributed by atoms with Crippen molar-refractivity contribution in [2.45, 2.75) is 13.8 Å². The van der Waals surface area contributed by atoms with Crippen LogP contribution in [0.1, 0.15) is 17.0 Å². The molecule has 0 spiro atoms. The van der Waals surface area contributed by atoms with Gasteiger partial charge in [0.1, 0.15) is 0 Å². The second-order valence-corrected chi connectivity index (χ2v) is 4.28. The number of hydrazone groups is 1. The first kappa shape index (κ1) is 12.9. The SMILES string of the molecule is Cc1ccc(C)n1-c1ccc(C=NNC(N)=O)cc1. The summed E-state index contributed by atoms with van der Waals surface area (Å²) in [6.07, 6.45) is 1.55. The maximum atomic E-state index is 10.5. The van der Waals surface area contributed by atoms with Crippen molar-refractivity contribution < 1.29 is 4.79 Å². The number of hydrogen-bond acceptors (Lipinski definition) is 2. The lowest BCUT2D eigenvalue weighted by Crippen LogP contribution is -2.24. The number of benzene rings is 1. The Bertz CT molecular complexity index is 591. The van der Waals surface area contributed by atoms with Gasteiger partial charge < -0.3 is 10.3 Å². The minimum atomic E-state index is -0.675. The van der Waals surface area contributed by atoms with Gasteiger partial charge in [0.15, 0.2) is 0 Å². The van der Waals surface area contributed by atoms with E-state index in [4.69, 9.17) is 5.73 Å². The lowest BCUT2D eigenvalue weighted by molar-refractivity contribution is 0.249. The third-order valence-electron chi connectivity index (χ3n) is 2.81. The minimum Gasteiger partial charge on any atom is -0.350 e. The second kappa shape index (κ2) is 5.39. The van der Waals surface area contributed by atoms with E-state index in [2.05, 4.69) is 41.1 Å². The fourth-order valence-corrected chi connectivity index (χ4v) is 1.96. The van der Waals surface area contributed by atoms with Crippen LogP contribution in [-0.2, 0) is 0 Å². The van der Waals surface area contributed by atoms with E-state index in [9.17, 15) is 4.79 Å². The Morgan fingerprint density at radius 2 is 1.74 bits per heavy atom. The van der Waals surface area contributed by atoms with E-state index >= 15 is 0 Å². The van der Waals surface area contributed by atoms with Crippen molar-refractivity contribution in [1.29, 1.82) is 0 Å².